The molecule has 0 spiro atoms. The summed E-state index contributed by atoms with van der Waals surface area (Å²) in [6.45, 7) is 5.39. The second kappa shape index (κ2) is 7.64. The van der Waals surface area contributed by atoms with Crippen molar-refractivity contribution in [2.24, 2.45) is 0 Å². The molecule has 9 heteroatoms. The van der Waals surface area contributed by atoms with Crippen LogP contribution in [0.3, 0.4) is 0 Å². The van der Waals surface area contributed by atoms with Gasteiger partial charge in [-0.15, -0.1) is 0 Å². The van der Waals surface area contributed by atoms with Gasteiger partial charge < -0.3 is 9.64 Å². The molecule has 4 rings (SSSR count). The van der Waals surface area contributed by atoms with Crippen LogP contribution in [0.1, 0.15) is 21.5 Å². The lowest BCUT2D eigenvalue weighted by molar-refractivity contribution is 0.0617. The lowest BCUT2D eigenvalue weighted by atomic mass is 10.1. The van der Waals surface area contributed by atoms with Gasteiger partial charge in [0.2, 0.25) is 0 Å². The molecule has 2 aromatic rings. The van der Waals surface area contributed by atoms with Crippen molar-refractivity contribution >= 4 is 27.7 Å². The van der Waals surface area contributed by atoms with Crippen LogP contribution in [0.25, 0.3) is 0 Å². The van der Waals surface area contributed by atoms with Gasteiger partial charge in [0.25, 0.3) is 15.9 Å². The summed E-state index contributed by atoms with van der Waals surface area (Å²) in [4.78, 5) is 27.9. The molecule has 8 nitrogen and oxygen atoms in total. The number of benzene rings is 2. The fraction of sp³-hybridized carbons (Fsp3) is 0.333. The molecule has 0 saturated carbocycles. The van der Waals surface area contributed by atoms with Gasteiger partial charge in [-0.1, -0.05) is 6.07 Å². The zero-order valence-electron chi connectivity index (χ0n) is 16.8. The Morgan fingerprint density at radius 3 is 2.50 bits per heavy atom. The predicted molar refractivity (Wildman–Crippen MR) is 111 cm³/mol. The maximum Gasteiger partial charge on any atom is 0.410 e. The van der Waals surface area contributed by atoms with Crippen LogP contribution in [-0.4, -0.2) is 62.5 Å². The quantitative estimate of drug-likeness (QED) is 0.805. The molecule has 2 aliphatic rings. The van der Waals surface area contributed by atoms with Gasteiger partial charge in [-0.05, 0) is 61.4 Å². The largest absolute Gasteiger partial charge is 0.447 e. The van der Waals surface area contributed by atoms with E-state index in [1.54, 1.807) is 52.3 Å². The number of piperazine rings is 1. The Balaban J connectivity index is 1.44. The minimum Gasteiger partial charge on any atom is -0.447 e. The molecule has 2 aromatic carbocycles. The highest BCUT2D eigenvalue weighted by Crippen LogP contribution is 2.22. The van der Waals surface area contributed by atoms with Crippen molar-refractivity contribution < 1.29 is 22.7 Å². The van der Waals surface area contributed by atoms with Crippen molar-refractivity contribution in [3.8, 4) is 0 Å². The number of carbonyl (C=O) groups excluding carboxylic acids is 2. The topological polar surface area (TPSA) is 96.0 Å². The van der Waals surface area contributed by atoms with E-state index in [0.717, 1.165) is 11.1 Å². The van der Waals surface area contributed by atoms with E-state index in [0.29, 0.717) is 37.5 Å². The standard InChI is InChI=1S/C21H23N3O5S/c1-14-3-8-19(11-15(14)2)30(27,28)22-17-6-4-16(5-7-17)20(25)23-9-10-24-18(12-23)13-29-21(24)26/h3-8,11,18,22H,9-10,12-13H2,1-2H3/t18-/m0/s1. The lowest BCUT2D eigenvalue weighted by Crippen LogP contribution is -2.53. The number of ether oxygens (including phenoxy) is 1. The molecule has 0 aromatic heterocycles. The number of aryl methyl sites for hydroxylation is 2. The van der Waals surface area contributed by atoms with Gasteiger partial charge in [-0.2, -0.15) is 0 Å². The van der Waals surface area contributed by atoms with E-state index in [4.69, 9.17) is 4.74 Å². The van der Waals surface area contributed by atoms with E-state index < -0.39 is 10.0 Å². The van der Waals surface area contributed by atoms with Crippen LogP contribution in [0.5, 0.6) is 0 Å². The molecule has 0 unspecified atom stereocenters. The molecule has 158 valence electrons. The van der Waals surface area contributed by atoms with Crippen molar-refractivity contribution in [1.82, 2.24) is 9.80 Å². The number of nitrogens with zero attached hydrogens (tertiary/aromatic N) is 2. The number of sulfonamides is 1. The summed E-state index contributed by atoms with van der Waals surface area (Å²) in [5, 5.41) is 0. The maximum absolute atomic E-state index is 12.8. The molecular formula is C21H23N3O5S. The minimum absolute atomic E-state index is 0.112. The first-order valence-corrected chi connectivity index (χ1v) is 11.2. The lowest BCUT2D eigenvalue weighted by Gasteiger charge is -2.35. The molecule has 1 N–H and O–H groups in total. The third-order valence-corrected chi connectivity index (χ3v) is 6.96. The smallest absolute Gasteiger partial charge is 0.410 e. The fourth-order valence-corrected chi connectivity index (χ4v) is 4.78. The van der Waals surface area contributed by atoms with Crippen molar-refractivity contribution in [2.45, 2.75) is 24.8 Å². The summed E-state index contributed by atoms with van der Waals surface area (Å²) in [5.41, 5.74) is 2.76. The van der Waals surface area contributed by atoms with Gasteiger partial charge in [-0.3, -0.25) is 14.4 Å². The van der Waals surface area contributed by atoms with Gasteiger partial charge in [0.15, 0.2) is 0 Å². The number of hydrogen-bond acceptors (Lipinski definition) is 5. The van der Waals surface area contributed by atoms with Gasteiger partial charge in [0.05, 0.1) is 10.9 Å². The van der Waals surface area contributed by atoms with Crippen molar-refractivity contribution in [2.75, 3.05) is 31.0 Å². The van der Waals surface area contributed by atoms with Crippen molar-refractivity contribution in [3.05, 3.63) is 59.2 Å². The summed E-state index contributed by atoms with van der Waals surface area (Å²) in [6.07, 6.45) is -0.326. The average molecular weight is 429 g/mol. The summed E-state index contributed by atoms with van der Waals surface area (Å²) >= 11 is 0. The number of rotatable bonds is 4. The molecule has 2 heterocycles. The van der Waals surface area contributed by atoms with Crippen LogP contribution in [0.15, 0.2) is 47.4 Å². The molecule has 2 fully saturated rings. The third-order valence-electron chi connectivity index (χ3n) is 5.58. The Morgan fingerprint density at radius 2 is 1.80 bits per heavy atom. The summed E-state index contributed by atoms with van der Waals surface area (Å²) in [6, 6.07) is 11.2. The van der Waals surface area contributed by atoms with Gasteiger partial charge >= 0.3 is 6.09 Å². The van der Waals surface area contributed by atoms with Crippen LogP contribution in [0.4, 0.5) is 10.5 Å². The Hall–Kier alpha value is -3.07. The zero-order chi connectivity index (χ0) is 21.5. The first kappa shape index (κ1) is 20.2. The summed E-state index contributed by atoms with van der Waals surface area (Å²) in [7, 11) is -3.72. The Kier molecular flexibility index (Phi) is 5.15. The molecule has 2 aliphatic heterocycles. The van der Waals surface area contributed by atoms with Crippen LogP contribution >= 0.6 is 0 Å². The number of amides is 2. The molecule has 0 radical (unpaired) electrons. The molecule has 30 heavy (non-hydrogen) atoms. The van der Waals surface area contributed by atoms with Gasteiger partial charge in [-0.25, -0.2) is 13.2 Å². The normalized spacial score (nSPS) is 18.7. The van der Waals surface area contributed by atoms with E-state index in [9.17, 15) is 18.0 Å². The van der Waals surface area contributed by atoms with E-state index in [1.807, 2.05) is 13.8 Å². The highest BCUT2D eigenvalue weighted by atomic mass is 32.2. The number of fused-ring (bicyclic) bond motifs is 1. The molecule has 2 saturated heterocycles. The second-order valence-corrected chi connectivity index (χ2v) is 9.29. The van der Waals surface area contributed by atoms with E-state index in [-0.39, 0.29) is 22.9 Å². The van der Waals surface area contributed by atoms with E-state index in [2.05, 4.69) is 4.72 Å². The van der Waals surface area contributed by atoms with Crippen molar-refractivity contribution in [1.29, 1.82) is 0 Å². The minimum atomic E-state index is -3.72. The molecule has 0 aliphatic carbocycles. The average Bonchev–Trinajstić information content (AvgIpc) is 3.10. The fourth-order valence-electron chi connectivity index (χ4n) is 3.63. The number of hydrogen-bond donors (Lipinski definition) is 1. The molecule has 1 atom stereocenters. The predicted octanol–water partition coefficient (Wildman–Crippen LogP) is 2.38. The maximum atomic E-state index is 12.8. The van der Waals surface area contributed by atoms with Crippen molar-refractivity contribution in [3.63, 3.8) is 0 Å². The van der Waals surface area contributed by atoms with Crippen LogP contribution < -0.4 is 4.72 Å². The third kappa shape index (κ3) is 3.85. The van der Waals surface area contributed by atoms with E-state index in [1.165, 1.54) is 0 Å². The number of anilines is 1. The first-order chi connectivity index (χ1) is 14.2. The van der Waals surface area contributed by atoms with Gasteiger partial charge in [0.1, 0.15) is 6.61 Å². The molecule has 2 amide bonds. The van der Waals surface area contributed by atoms with Gasteiger partial charge in [0, 0.05) is 30.9 Å². The SMILES string of the molecule is Cc1ccc(S(=O)(=O)Nc2ccc(C(=O)N3CCN4C(=O)OC[C@@H]4C3)cc2)cc1C. The van der Waals surface area contributed by atoms with E-state index >= 15 is 0 Å². The summed E-state index contributed by atoms with van der Waals surface area (Å²) in [5.74, 6) is -0.155. The number of nitrogens with one attached hydrogen (secondary N) is 1. The molecule has 0 bridgehead atoms. The summed E-state index contributed by atoms with van der Waals surface area (Å²) < 4.78 is 32.8. The van der Waals surface area contributed by atoms with Crippen LogP contribution in [0, 0.1) is 13.8 Å². The molecular weight excluding hydrogens is 406 g/mol. The first-order valence-electron chi connectivity index (χ1n) is 9.67. The Labute approximate surface area is 175 Å². The second-order valence-electron chi connectivity index (χ2n) is 7.60. The van der Waals surface area contributed by atoms with Crippen LogP contribution in [0.2, 0.25) is 0 Å². The van der Waals surface area contributed by atoms with Crippen LogP contribution in [-0.2, 0) is 14.8 Å². The zero-order valence-corrected chi connectivity index (χ0v) is 17.6. The number of carbonyl (C=O) groups is 2. The Bertz CT molecular complexity index is 1100. The highest BCUT2D eigenvalue weighted by Gasteiger charge is 2.38. The monoisotopic (exact) mass is 429 g/mol. The Morgan fingerprint density at radius 1 is 1.07 bits per heavy atom. The highest BCUT2D eigenvalue weighted by molar-refractivity contribution is 7.92. The number of cyclic esters (lactones) is 1.